The zero-order valence-corrected chi connectivity index (χ0v) is 7.72. The van der Waals surface area contributed by atoms with Gasteiger partial charge in [0.1, 0.15) is 0 Å². The second-order valence-corrected chi connectivity index (χ2v) is 3.27. The van der Waals surface area contributed by atoms with Crippen LogP contribution in [0.15, 0.2) is 23.3 Å². The minimum Gasteiger partial charge on any atom is -0.302 e. The number of hydrogen-bond acceptors (Lipinski definition) is 1. The second-order valence-electron chi connectivity index (χ2n) is 3.27. The molecule has 0 saturated carbocycles. The van der Waals surface area contributed by atoms with Crippen molar-refractivity contribution < 1.29 is 0 Å². The van der Waals surface area contributed by atoms with E-state index in [0.717, 1.165) is 6.54 Å². The van der Waals surface area contributed by atoms with Gasteiger partial charge in [-0.3, -0.25) is 0 Å². The molecule has 0 bridgehead atoms. The molecule has 1 aliphatic rings. The van der Waals surface area contributed by atoms with Gasteiger partial charge in [0.2, 0.25) is 0 Å². The van der Waals surface area contributed by atoms with E-state index in [4.69, 9.17) is 0 Å². The van der Waals surface area contributed by atoms with Gasteiger partial charge in [-0.2, -0.15) is 0 Å². The molecule has 0 amide bonds. The minimum absolute atomic E-state index is 1.16. The predicted octanol–water partition coefficient (Wildman–Crippen LogP) is 2.21. The molecule has 0 aliphatic carbocycles. The summed E-state index contributed by atoms with van der Waals surface area (Å²) in [5.74, 6) is 0. The molecule has 0 atom stereocenters. The third-order valence-electron chi connectivity index (χ3n) is 2.23. The van der Waals surface area contributed by atoms with Crippen LogP contribution in [-0.4, -0.2) is 25.0 Å². The lowest BCUT2D eigenvalue weighted by Crippen LogP contribution is -2.11. The van der Waals surface area contributed by atoms with Crippen LogP contribution >= 0.6 is 0 Å². The third kappa shape index (κ3) is 2.19. The van der Waals surface area contributed by atoms with Crippen LogP contribution in [0.3, 0.4) is 0 Å². The van der Waals surface area contributed by atoms with Gasteiger partial charge in [0.15, 0.2) is 0 Å². The van der Waals surface area contributed by atoms with Gasteiger partial charge in [0, 0.05) is 13.1 Å². The molecule has 62 valence electrons. The van der Waals surface area contributed by atoms with E-state index in [-0.39, 0.29) is 0 Å². The summed E-state index contributed by atoms with van der Waals surface area (Å²) in [6, 6.07) is 0. The van der Waals surface area contributed by atoms with Crippen molar-refractivity contribution in [3.05, 3.63) is 23.3 Å². The Balaban J connectivity index is 2.65. The Morgan fingerprint density at radius 2 is 2.27 bits per heavy atom. The van der Waals surface area contributed by atoms with Crippen molar-refractivity contribution in [3.63, 3.8) is 0 Å². The first-order valence-electron chi connectivity index (χ1n) is 4.24. The number of rotatable bonds is 1. The highest BCUT2D eigenvalue weighted by atomic mass is 15.1. The van der Waals surface area contributed by atoms with Gasteiger partial charge in [0.05, 0.1) is 0 Å². The normalized spacial score (nSPS) is 25.0. The van der Waals surface area contributed by atoms with Crippen molar-refractivity contribution in [2.45, 2.75) is 20.3 Å². The van der Waals surface area contributed by atoms with E-state index in [0.29, 0.717) is 0 Å². The molecule has 0 spiro atoms. The second kappa shape index (κ2) is 3.72. The Morgan fingerprint density at radius 3 is 2.73 bits per heavy atom. The molecule has 1 heterocycles. The zero-order valence-electron chi connectivity index (χ0n) is 7.72. The quantitative estimate of drug-likeness (QED) is 0.555. The fourth-order valence-corrected chi connectivity index (χ4v) is 1.50. The number of likely N-dealkylation sites (tertiary alicyclic amines) is 1. The maximum Gasteiger partial charge on any atom is 0.0196 e. The number of allylic oxidation sites excluding steroid dienone is 3. The summed E-state index contributed by atoms with van der Waals surface area (Å²) < 4.78 is 0. The first-order valence-corrected chi connectivity index (χ1v) is 4.24. The SMILES string of the molecule is C/C=C\C(C)=C1CCN(C)C1. The predicted molar refractivity (Wildman–Crippen MR) is 49.6 cm³/mol. The standard InChI is InChI=1S/C10H17N/c1-4-5-9(2)10-6-7-11(3)8-10/h4-5H,6-8H2,1-3H3/b5-4-,10-9?. The van der Waals surface area contributed by atoms with E-state index in [1.165, 1.54) is 18.5 Å². The summed E-state index contributed by atoms with van der Waals surface area (Å²) >= 11 is 0. The molecule has 11 heavy (non-hydrogen) atoms. The van der Waals surface area contributed by atoms with Crippen LogP contribution in [0.2, 0.25) is 0 Å². The molecule has 1 nitrogen and oxygen atoms in total. The van der Waals surface area contributed by atoms with Crippen LogP contribution in [0.25, 0.3) is 0 Å². The summed E-state index contributed by atoms with van der Waals surface area (Å²) in [4.78, 5) is 2.36. The molecule has 0 aromatic rings. The maximum absolute atomic E-state index is 2.36. The molecule has 1 heteroatoms. The molecule has 0 radical (unpaired) electrons. The summed E-state index contributed by atoms with van der Waals surface area (Å²) in [5.41, 5.74) is 3.06. The average Bonchev–Trinajstić information content (AvgIpc) is 2.36. The highest BCUT2D eigenvalue weighted by Gasteiger charge is 2.12. The molecule has 1 rings (SSSR count). The fraction of sp³-hybridized carbons (Fsp3) is 0.600. The molecule has 1 aliphatic heterocycles. The Labute approximate surface area is 69.4 Å². The molecule has 0 aromatic heterocycles. The van der Waals surface area contributed by atoms with Gasteiger partial charge in [-0.15, -0.1) is 0 Å². The van der Waals surface area contributed by atoms with Crippen LogP contribution in [0.5, 0.6) is 0 Å². The van der Waals surface area contributed by atoms with E-state index < -0.39 is 0 Å². The monoisotopic (exact) mass is 151 g/mol. The highest BCUT2D eigenvalue weighted by Crippen LogP contribution is 2.17. The van der Waals surface area contributed by atoms with Gasteiger partial charge in [0.25, 0.3) is 0 Å². The van der Waals surface area contributed by atoms with Crippen molar-refractivity contribution in [3.8, 4) is 0 Å². The van der Waals surface area contributed by atoms with Crippen molar-refractivity contribution in [2.24, 2.45) is 0 Å². The zero-order chi connectivity index (χ0) is 8.27. The summed E-state index contributed by atoms with van der Waals surface area (Å²) in [5, 5.41) is 0. The molecule has 0 unspecified atom stereocenters. The summed E-state index contributed by atoms with van der Waals surface area (Å²) in [7, 11) is 2.18. The van der Waals surface area contributed by atoms with Crippen LogP contribution < -0.4 is 0 Å². The van der Waals surface area contributed by atoms with E-state index in [1.807, 2.05) is 0 Å². The van der Waals surface area contributed by atoms with Crippen molar-refractivity contribution >= 4 is 0 Å². The van der Waals surface area contributed by atoms with Crippen molar-refractivity contribution in [1.82, 2.24) is 4.90 Å². The molecule has 0 aromatic carbocycles. The van der Waals surface area contributed by atoms with Gasteiger partial charge in [-0.1, -0.05) is 23.3 Å². The van der Waals surface area contributed by atoms with Gasteiger partial charge < -0.3 is 4.90 Å². The largest absolute Gasteiger partial charge is 0.302 e. The van der Waals surface area contributed by atoms with Crippen LogP contribution in [-0.2, 0) is 0 Å². The van der Waals surface area contributed by atoms with Crippen LogP contribution in [0, 0.1) is 0 Å². The molecule has 1 fully saturated rings. The first kappa shape index (κ1) is 8.54. The molecule has 0 N–H and O–H groups in total. The van der Waals surface area contributed by atoms with Crippen LogP contribution in [0.1, 0.15) is 20.3 Å². The summed E-state index contributed by atoms with van der Waals surface area (Å²) in [6.07, 6.45) is 5.57. The van der Waals surface area contributed by atoms with Crippen molar-refractivity contribution in [1.29, 1.82) is 0 Å². The lowest BCUT2D eigenvalue weighted by molar-refractivity contribution is 0.425. The van der Waals surface area contributed by atoms with E-state index in [1.54, 1.807) is 5.57 Å². The fourth-order valence-electron chi connectivity index (χ4n) is 1.50. The van der Waals surface area contributed by atoms with E-state index >= 15 is 0 Å². The highest BCUT2D eigenvalue weighted by molar-refractivity contribution is 5.26. The lowest BCUT2D eigenvalue weighted by atomic mass is 10.1. The lowest BCUT2D eigenvalue weighted by Gasteiger charge is -2.03. The average molecular weight is 151 g/mol. The van der Waals surface area contributed by atoms with Gasteiger partial charge in [-0.25, -0.2) is 0 Å². The number of hydrogen-bond donors (Lipinski definition) is 0. The number of nitrogens with zero attached hydrogens (tertiary/aromatic N) is 1. The maximum atomic E-state index is 2.36. The Bertz CT molecular complexity index is 189. The Hall–Kier alpha value is -0.560. The first-order chi connectivity index (χ1) is 5.24. The Morgan fingerprint density at radius 1 is 1.55 bits per heavy atom. The topological polar surface area (TPSA) is 3.24 Å². The molecule has 1 saturated heterocycles. The van der Waals surface area contributed by atoms with E-state index in [9.17, 15) is 0 Å². The van der Waals surface area contributed by atoms with Gasteiger partial charge >= 0.3 is 0 Å². The molecular weight excluding hydrogens is 134 g/mol. The number of likely N-dealkylation sites (N-methyl/N-ethyl adjacent to an activating group) is 1. The minimum atomic E-state index is 1.16. The summed E-state index contributed by atoms with van der Waals surface area (Å²) in [6.45, 7) is 6.66. The van der Waals surface area contributed by atoms with Crippen LogP contribution in [0.4, 0.5) is 0 Å². The van der Waals surface area contributed by atoms with Gasteiger partial charge in [-0.05, 0) is 27.3 Å². The Kier molecular flexibility index (Phi) is 2.89. The van der Waals surface area contributed by atoms with E-state index in [2.05, 4.69) is 37.9 Å². The smallest absolute Gasteiger partial charge is 0.0196 e. The van der Waals surface area contributed by atoms with Crippen molar-refractivity contribution in [2.75, 3.05) is 20.1 Å². The third-order valence-corrected chi connectivity index (χ3v) is 2.23. The molecular formula is C10H17N.